The molecule has 0 atom stereocenters. The van der Waals surface area contributed by atoms with Crippen LogP contribution < -0.4 is 0 Å². The maximum Gasteiger partial charge on any atom is 0.164 e. The second kappa shape index (κ2) is 12.8. The molecule has 0 aliphatic heterocycles. The van der Waals surface area contributed by atoms with Crippen molar-refractivity contribution in [3.05, 3.63) is 176 Å². The number of thiophene rings is 2. The van der Waals surface area contributed by atoms with Crippen LogP contribution in [0.25, 0.3) is 119 Å². The lowest BCUT2D eigenvalue weighted by molar-refractivity contribution is 0.670. The summed E-state index contributed by atoms with van der Waals surface area (Å²) in [5.41, 5.74) is 9.30. The van der Waals surface area contributed by atoms with Crippen molar-refractivity contribution in [3.63, 3.8) is 0 Å². The second-order valence-electron chi connectivity index (χ2n) is 14.3. The lowest BCUT2D eigenvalue weighted by Crippen LogP contribution is -1.99. The molecule has 4 aromatic heterocycles. The highest BCUT2D eigenvalue weighted by molar-refractivity contribution is 7.26. The van der Waals surface area contributed by atoms with Crippen LogP contribution in [0.4, 0.5) is 0 Å². The summed E-state index contributed by atoms with van der Waals surface area (Å²) in [7, 11) is 0. The van der Waals surface area contributed by atoms with E-state index in [1.165, 1.54) is 51.5 Å². The zero-order valence-corrected chi connectivity index (χ0v) is 31.9. The first-order valence-electron chi connectivity index (χ1n) is 18.9. The quantitative estimate of drug-likeness (QED) is 0.175. The third-order valence-corrected chi connectivity index (χ3v) is 13.3. The van der Waals surface area contributed by atoms with Gasteiger partial charge >= 0.3 is 0 Å². The van der Waals surface area contributed by atoms with Gasteiger partial charge in [0.05, 0.1) is 0 Å². The van der Waals surface area contributed by atoms with Crippen molar-refractivity contribution in [2.45, 2.75) is 0 Å². The monoisotopic (exact) mass is 763 g/mol. The summed E-state index contributed by atoms with van der Waals surface area (Å²) in [6.07, 6.45) is 0. The van der Waals surface area contributed by atoms with Crippen LogP contribution in [-0.2, 0) is 0 Å². The third kappa shape index (κ3) is 5.30. The molecule has 0 bridgehead atoms. The maximum atomic E-state index is 6.68. The number of hydrogen-bond acceptors (Lipinski definition) is 6. The van der Waals surface area contributed by atoms with E-state index in [1.54, 1.807) is 11.3 Å². The average molecular weight is 764 g/mol. The number of aromatic nitrogens is 3. The molecule has 4 heterocycles. The summed E-state index contributed by atoms with van der Waals surface area (Å²) < 4.78 is 11.7. The lowest BCUT2D eigenvalue weighted by Gasteiger charge is -2.10. The van der Waals surface area contributed by atoms with Gasteiger partial charge in [-0.25, -0.2) is 15.0 Å². The van der Waals surface area contributed by atoms with Crippen LogP contribution in [0.5, 0.6) is 0 Å². The molecule has 12 rings (SSSR count). The molecule has 0 saturated carbocycles. The number of fused-ring (bicyclic) bond motifs is 9. The molecule has 0 aliphatic rings. The summed E-state index contributed by atoms with van der Waals surface area (Å²) in [6.45, 7) is 0. The molecule has 0 saturated heterocycles. The molecule has 57 heavy (non-hydrogen) atoms. The zero-order valence-electron chi connectivity index (χ0n) is 30.3. The van der Waals surface area contributed by atoms with Crippen LogP contribution in [0.15, 0.2) is 180 Å². The molecule has 0 N–H and O–H groups in total. The standard InChI is InChI=1S/C51H29N3OS2/c1-3-12-30(13-4-1)49-52-50(31-14-5-2-6-15-31)54-51(53-49)33-22-24-38-41-26-32(23-25-45(41)56-46(38)29-33)40-27-34(28-42-36-16-7-9-20-43(36)55-47(40)42)35-18-11-19-39-37-17-8-10-21-44(37)57-48(35)39/h1-29H. The molecule has 0 radical (unpaired) electrons. The van der Waals surface area contributed by atoms with Crippen molar-refractivity contribution in [3.8, 4) is 56.4 Å². The highest BCUT2D eigenvalue weighted by Crippen LogP contribution is 2.45. The van der Waals surface area contributed by atoms with E-state index in [-0.39, 0.29) is 0 Å². The molecule has 0 fully saturated rings. The van der Waals surface area contributed by atoms with Gasteiger partial charge < -0.3 is 4.42 Å². The van der Waals surface area contributed by atoms with Crippen molar-refractivity contribution in [1.82, 2.24) is 15.0 Å². The smallest absolute Gasteiger partial charge is 0.164 e. The number of benzene rings is 8. The van der Waals surface area contributed by atoms with E-state index in [0.717, 1.165) is 49.8 Å². The molecular formula is C51H29N3OS2. The molecule has 0 amide bonds. The maximum absolute atomic E-state index is 6.68. The van der Waals surface area contributed by atoms with Gasteiger partial charge in [0.15, 0.2) is 17.5 Å². The number of rotatable bonds is 5. The van der Waals surface area contributed by atoms with Crippen LogP contribution in [0.3, 0.4) is 0 Å². The Morgan fingerprint density at radius 2 is 0.947 bits per heavy atom. The van der Waals surface area contributed by atoms with E-state index in [0.29, 0.717) is 17.5 Å². The van der Waals surface area contributed by atoms with E-state index >= 15 is 0 Å². The topological polar surface area (TPSA) is 51.8 Å². The first-order valence-corrected chi connectivity index (χ1v) is 20.6. The number of para-hydroxylation sites is 1. The van der Waals surface area contributed by atoms with Crippen molar-refractivity contribution in [2.75, 3.05) is 0 Å². The predicted octanol–water partition coefficient (Wildman–Crippen LogP) is 14.8. The summed E-state index contributed by atoms with van der Waals surface area (Å²) in [6, 6.07) is 62.1. The van der Waals surface area contributed by atoms with E-state index in [2.05, 4.69) is 109 Å². The van der Waals surface area contributed by atoms with Crippen LogP contribution in [0.1, 0.15) is 0 Å². The largest absolute Gasteiger partial charge is 0.455 e. The first-order chi connectivity index (χ1) is 28.2. The van der Waals surface area contributed by atoms with Gasteiger partial charge in [-0.05, 0) is 59.2 Å². The molecular weight excluding hydrogens is 735 g/mol. The molecule has 0 spiro atoms. The Morgan fingerprint density at radius 3 is 1.74 bits per heavy atom. The minimum Gasteiger partial charge on any atom is -0.455 e. The summed E-state index contributed by atoms with van der Waals surface area (Å²) in [5.74, 6) is 1.96. The van der Waals surface area contributed by atoms with E-state index in [4.69, 9.17) is 19.4 Å². The molecule has 0 aliphatic carbocycles. The average Bonchev–Trinajstić information content (AvgIpc) is 3.97. The first kappa shape index (κ1) is 32.3. The highest BCUT2D eigenvalue weighted by atomic mass is 32.1. The third-order valence-electron chi connectivity index (χ3n) is 10.9. The zero-order chi connectivity index (χ0) is 37.5. The second-order valence-corrected chi connectivity index (χ2v) is 16.5. The minimum atomic E-state index is 0.653. The molecule has 6 heteroatoms. The van der Waals surface area contributed by atoms with Gasteiger partial charge in [0.2, 0.25) is 0 Å². The molecule has 8 aromatic carbocycles. The Labute approximate surface area is 335 Å². The molecule has 4 nitrogen and oxygen atoms in total. The Balaban J connectivity index is 1.02. The summed E-state index contributed by atoms with van der Waals surface area (Å²) in [4.78, 5) is 14.9. The number of nitrogens with zero attached hydrogens (tertiary/aromatic N) is 3. The number of furan rings is 1. The van der Waals surface area contributed by atoms with E-state index < -0.39 is 0 Å². The summed E-state index contributed by atoms with van der Waals surface area (Å²) in [5, 5.41) is 7.26. The Hall–Kier alpha value is -6.99. The van der Waals surface area contributed by atoms with Crippen molar-refractivity contribution in [2.24, 2.45) is 0 Å². The molecule has 12 aromatic rings. The van der Waals surface area contributed by atoms with E-state index in [9.17, 15) is 0 Å². The Kier molecular flexibility index (Phi) is 7.24. The van der Waals surface area contributed by atoms with Gasteiger partial charge in [0.25, 0.3) is 0 Å². The Bertz CT molecular complexity index is 3470. The molecule has 0 unspecified atom stereocenters. The normalized spacial score (nSPS) is 11.9. The van der Waals surface area contributed by atoms with Gasteiger partial charge in [-0.1, -0.05) is 133 Å². The fraction of sp³-hybridized carbons (Fsp3) is 0. The van der Waals surface area contributed by atoms with Crippen LogP contribution >= 0.6 is 22.7 Å². The van der Waals surface area contributed by atoms with Gasteiger partial charge in [-0.2, -0.15) is 0 Å². The van der Waals surface area contributed by atoms with Gasteiger partial charge in [0.1, 0.15) is 11.2 Å². The van der Waals surface area contributed by atoms with E-state index in [1.807, 2.05) is 78.1 Å². The summed E-state index contributed by atoms with van der Waals surface area (Å²) >= 11 is 3.66. The Morgan fingerprint density at radius 1 is 0.333 bits per heavy atom. The van der Waals surface area contributed by atoms with Gasteiger partial charge in [-0.15, -0.1) is 22.7 Å². The molecule has 266 valence electrons. The fourth-order valence-corrected chi connectivity index (χ4v) is 10.6. The SMILES string of the molecule is c1ccc(-c2nc(-c3ccccc3)nc(-c3ccc4c(c3)sc3ccc(-c5cc(-c6cccc7c6sc6ccccc67)cc6c5oc5ccccc56)cc34)n2)cc1. The van der Waals surface area contributed by atoms with Crippen molar-refractivity contribution in [1.29, 1.82) is 0 Å². The van der Waals surface area contributed by atoms with Crippen LogP contribution in [0.2, 0.25) is 0 Å². The highest BCUT2D eigenvalue weighted by Gasteiger charge is 2.19. The van der Waals surface area contributed by atoms with Crippen molar-refractivity contribution >= 4 is 85.0 Å². The van der Waals surface area contributed by atoms with Gasteiger partial charge in [0, 0.05) is 73.4 Å². The predicted molar refractivity (Wildman–Crippen MR) is 240 cm³/mol. The van der Waals surface area contributed by atoms with Crippen LogP contribution in [0, 0.1) is 0 Å². The lowest BCUT2D eigenvalue weighted by atomic mass is 9.94. The fourth-order valence-electron chi connectivity index (χ4n) is 8.19. The minimum absolute atomic E-state index is 0.653. The van der Waals surface area contributed by atoms with Crippen LogP contribution in [-0.4, -0.2) is 15.0 Å². The number of hydrogen-bond donors (Lipinski definition) is 0. The van der Waals surface area contributed by atoms with Gasteiger partial charge in [-0.3, -0.25) is 0 Å². The van der Waals surface area contributed by atoms with Crippen molar-refractivity contribution < 1.29 is 4.42 Å².